The predicted molar refractivity (Wildman–Crippen MR) is 156 cm³/mol. The molecule has 0 spiro atoms. The Bertz CT molecular complexity index is 1530. The van der Waals surface area contributed by atoms with Crippen molar-refractivity contribution in [2.45, 2.75) is 64.6 Å². The number of aromatic amines is 1. The Morgan fingerprint density at radius 3 is 2.55 bits per heavy atom. The van der Waals surface area contributed by atoms with Gasteiger partial charge in [-0.05, 0) is 89.5 Å². The fourth-order valence-corrected chi connectivity index (χ4v) is 6.37. The van der Waals surface area contributed by atoms with Gasteiger partial charge in [0, 0.05) is 43.8 Å². The van der Waals surface area contributed by atoms with E-state index in [0.29, 0.717) is 5.56 Å². The van der Waals surface area contributed by atoms with Crippen molar-refractivity contribution in [3.8, 4) is 5.75 Å². The van der Waals surface area contributed by atoms with E-state index in [1.54, 1.807) is 7.11 Å². The fraction of sp³-hybridized carbons (Fsp3) is 0.484. The molecule has 2 aliphatic rings. The summed E-state index contributed by atoms with van der Waals surface area (Å²) in [5.74, 6) is 1.66. The molecule has 0 radical (unpaired) electrons. The number of pyridine rings is 1. The predicted octanol–water partition coefficient (Wildman–Crippen LogP) is 4.55. The Morgan fingerprint density at radius 2 is 1.77 bits per heavy atom. The summed E-state index contributed by atoms with van der Waals surface area (Å²) in [6.07, 6.45) is 5.78. The Hall–Kier alpha value is -3.56. The van der Waals surface area contributed by atoms with E-state index in [1.807, 2.05) is 16.8 Å². The monoisotopic (exact) mass is 541 g/mol. The number of methoxy groups -OCH3 is 1. The van der Waals surface area contributed by atoms with E-state index in [-0.39, 0.29) is 17.6 Å². The second-order valence-electron chi connectivity index (χ2n) is 11.4. The summed E-state index contributed by atoms with van der Waals surface area (Å²) in [7, 11) is 1.70. The van der Waals surface area contributed by atoms with Crippen molar-refractivity contribution in [2.24, 2.45) is 0 Å². The van der Waals surface area contributed by atoms with Crippen molar-refractivity contribution in [3.05, 3.63) is 80.9 Å². The molecular formula is C31H39N7O2. The lowest BCUT2D eigenvalue weighted by atomic mass is 9.95. The summed E-state index contributed by atoms with van der Waals surface area (Å²) >= 11 is 0. The molecule has 0 bridgehead atoms. The van der Waals surface area contributed by atoms with Gasteiger partial charge in [-0.2, -0.15) is 0 Å². The summed E-state index contributed by atoms with van der Waals surface area (Å²) in [6, 6.07) is 14.5. The van der Waals surface area contributed by atoms with Crippen molar-refractivity contribution >= 4 is 10.9 Å². The molecule has 9 heteroatoms. The van der Waals surface area contributed by atoms with Crippen LogP contribution in [0.1, 0.15) is 72.3 Å². The van der Waals surface area contributed by atoms with Gasteiger partial charge in [-0.25, -0.2) is 4.68 Å². The third kappa shape index (κ3) is 5.40. The van der Waals surface area contributed by atoms with Crippen molar-refractivity contribution < 1.29 is 4.74 Å². The van der Waals surface area contributed by atoms with Crippen LogP contribution in [0.2, 0.25) is 0 Å². The molecule has 210 valence electrons. The zero-order valence-electron chi connectivity index (χ0n) is 23.8. The highest BCUT2D eigenvalue weighted by molar-refractivity contribution is 5.81. The maximum absolute atomic E-state index is 13.7. The third-order valence-electron chi connectivity index (χ3n) is 8.78. The van der Waals surface area contributed by atoms with E-state index < -0.39 is 0 Å². The lowest BCUT2D eigenvalue weighted by Crippen LogP contribution is -2.48. The molecular weight excluding hydrogens is 502 g/mol. The largest absolute Gasteiger partial charge is 0.497 e. The average Bonchev–Trinajstić information content (AvgIpc) is 3.45. The highest BCUT2D eigenvalue weighted by Crippen LogP contribution is 2.33. The number of hydrogen-bond acceptors (Lipinski definition) is 7. The zero-order valence-corrected chi connectivity index (χ0v) is 23.8. The maximum atomic E-state index is 13.7. The first-order valence-electron chi connectivity index (χ1n) is 14.5. The van der Waals surface area contributed by atoms with Crippen LogP contribution in [0.5, 0.6) is 5.75 Å². The number of fused-ring (bicyclic) bond motifs is 1. The first-order chi connectivity index (χ1) is 19.5. The number of benzene rings is 2. The van der Waals surface area contributed by atoms with Crippen molar-refractivity contribution in [3.63, 3.8) is 0 Å². The van der Waals surface area contributed by atoms with Crippen molar-refractivity contribution in [2.75, 3.05) is 33.3 Å². The van der Waals surface area contributed by atoms with Gasteiger partial charge in [0.05, 0.1) is 13.2 Å². The number of H-pyrrole nitrogens is 1. The molecule has 9 nitrogen and oxygen atoms in total. The second kappa shape index (κ2) is 11.5. The van der Waals surface area contributed by atoms with Crippen LogP contribution in [0.3, 0.4) is 0 Å². The van der Waals surface area contributed by atoms with Gasteiger partial charge < -0.3 is 9.72 Å². The van der Waals surface area contributed by atoms with Gasteiger partial charge in [-0.15, -0.1) is 5.10 Å². The lowest BCUT2D eigenvalue weighted by molar-refractivity contribution is 0.0982. The van der Waals surface area contributed by atoms with Crippen LogP contribution in [0, 0.1) is 13.8 Å². The van der Waals surface area contributed by atoms with E-state index in [1.165, 1.54) is 36.0 Å². The Kier molecular flexibility index (Phi) is 7.67. The number of ether oxygens (including phenoxy) is 1. The smallest absolute Gasteiger partial charge is 0.253 e. The van der Waals surface area contributed by atoms with Gasteiger partial charge >= 0.3 is 0 Å². The number of hydrogen-bond donors (Lipinski definition) is 1. The molecule has 0 amide bonds. The molecule has 1 N–H and O–H groups in total. The van der Waals surface area contributed by atoms with Gasteiger partial charge in [0.1, 0.15) is 11.8 Å². The Labute approximate surface area is 235 Å². The molecule has 2 aromatic carbocycles. The molecule has 6 rings (SSSR count). The van der Waals surface area contributed by atoms with E-state index in [9.17, 15) is 4.79 Å². The molecule has 1 aliphatic carbocycles. The Balaban J connectivity index is 1.33. The third-order valence-corrected chi connectivity index (χ3v) is 8.78. The van der Waals surface area contributed by atoms with E-state index in [0.717, 1.165) is 68.0 Å². The van der Waals surface area contributed by atoms with Crippen LogP contribution >= 0.6 is 0 Å². The molecule has 2 aromatic heterocycles. The number of piperazine rings is 1. The van der Waals surface area contributed by atoms with E-state index >= 15 is 0 Å². The molecule has 1 saturated carbocycles. The number of tetrazole rings is 1. The maximum Gasteiger partial charge on any atom is 0.253 e. The standard InChI is InChI=1S/C31H39N7O2/c1-21-16-24-19-27(31(39)32-28(24)17-22(21)2)29(30-33-34-35-38(30)25-9-5-4-6-10-25)37-14-12-36(13-15-37)20-23-8-7-11-26(18-23)40-3/h7-8,11,16-19,25,29H,4-6,9-10,12-15,20H2,1-3H3,(H,32,39). The SMILES string of the molecule is COc1cccc(CN2CCN(C(c3cc4cc(C)c(C)cc4[nH]c3=O)c3nnnn3C3CCCCC3)CC2)c1. The van der Waals surface area contributed by atoms with Crippen LogP contribution in [0.25, 0.3) is 10.9 Å². The quantitative estimate of drug-likeness (QED) is 0.367. The summed E-state index contributed by atoms with van der Waals surface area (Å²) < 4.78 is 7.44. The van der Waals surface area contributed by atoms with Crippen LogP contribution < -0.4 is 10.3 Å². The highest BCUT2D eigenvalue weighted by Gasteiger charge is 2.34. The summed E-state index contributed by atoms with van der Waals surface area (Å²) in [4.78, 5) is 21.7. The summed E-state index contributed by atoms with van der Waals surface area (Å²) in [5, 5.41) is 14.2. The van der Waals surface area contributed by atoms with Crippen LogP contribution in [0.15, 0.2) is 47.3 Å². The average molecular weight is 542 g/mol. The minimum atomic E-state index is -0.314. The molecule has 1 atom stereocenters. The van der Waals surface area contributed by atoms with E-state index in [2.05, 4.69) is 74.5 Å². The lowest BCUT2D eigenvalue weighted by Gasteiger charge is -2.39. The number of nitrogens with one attached hydrogen (secondary N) is 1. The second-order valence-corrected chi connectivity index (χ2v) is 11.4. The Morgan fingerprint density at radius 1 is 1.00 bits per heavy atom. The number of aromatic nitrogens is 5. The first-order valence-corrected chi connectivity index (χ1v) is 14.5. The van der Waals surface area contributed by atoms with Crippen LogP contribution in [0.4, 0.5) is 0 Å². The number of aryl methyl sites for hydroxylation is 2. The van der Waals surface area contributed by atoms with Gasteiger partial charge in [0.2, 0.25) is 0 Å². The summed E-state index contributed by atoms with van der Waals surface area (Å²) in [6.45, 7) is 8.47. The van der Waals surface area contributed by atoms with Gasteiger partial charge in [-0.3, -0.25) is 14.6 Å². The highest BCUT2D eigenvalue weighted by atomic mass is 16.5. The number of rotatable bonds is 7. The first kappa shape index (κ1) is 26.7. The summed E-state index contributed by atoms with van der Waals surface area (Å²) in [5.41, 5.74) is 5.12. The molecule has 1 saturated heterocycles. The van der Waals surface area contributed by atoms with Gasteiger partial charge in [-0.1, -0.05) is 31.4 Å². The van der Waals surface area contributed by atoms with Gasteiger partial charge in [0.15, 0.2) is 5.82 Å². The molecule has 3 heterocycles. The topological polar surface area (TPSA) is 92.2 Å². The van der Waals surface area contributed by atoms with E-state index in [4.69, 9.17) is 4.74 Å². The van der Waals surface area contributed by atoms with Crippen molar-refractivity contribution in [1.82, 2.24) is 35.0 Å². The molecule has 4 aromatic rings. The molecule has 2 fully saturated rings. The molecule has 40 heavy (non-hydrogen) atoms. The normalized spacial score (nSPS) is 18.3. The number of nitrogens with zero attached hydrogens (tertiary/aromatic N) is 6. The van der Waals surface area contributed by atoms with Crippen LogP contribution in [-0.2, 0) is 6.54 Å². The fourth-order valence-electron chi connectivity index (χ4n) is 6.37. The zero-order chi connectivity index (χ0) is 27.6. The molecule has 1 aliphatic heterocycles. The van der Waals surface area contributed by atoms with Crippen molar-refractivity contribution in [1.29, 1.82) is 0 Å². The minimum absolute atomic E-state index is 0.0715. The minimum Gasteiger partial charge on any atom is -0.497 e. The van der Waals surface area contributed by atoms with Crippen LogP contribution in [-0.4, -0.2) is 68.3 Å². The molecule has 1 unspecified atom stereocenters. The van der Waals surface area contributed by atoms with Gasteiger partial charge in [0.25, 0.3) is 5.56 Å².